The number of halogens is 1. The first-order chi connectivity index (χ1) is 13.1. The average molecular weight is 364 g/mol. The number of rotatable bonds is 4. The topological polar surface area (TPSA) is 85.3 Å². The molecule has 2 heterocycles. The fraction of sp³-hybridized carbons (Fsp3) is 0.0500. The lowest BCUT2D eigenvalue weighted by Gasteiger charge is -2.03. The summed E-state index contributed by atoms with van der Waals surface area (Å²) in [6.45, 7) is 0.0169. The molecular weight excluding hydrogens is 351 g/mol. The largest absolute Gasteiger partial charge is 0.422 e. The third-order valence-corrected chi connectivity index (χ3v) is 4.01. The maximum Gasteiger partial charge on any atom is 0.349 e. The summed E-state index contributed by atoms with van der Waals surface area (Å²) in [7, 11) is 0. The van der Waals surface area contributed by atoms with Crippen LogP contribution in [0.25, 0.3) is 22.3 Å². The summed E-state index contributed by atoms with van der Waals surface area (Å²) in [4.78, 5) is 24.3. The Morgan fingerprint density at radius 3 is 2.70 bits per heavy atom. The van der Waals surface area contributed by atoms with Crippen molar-refractivity contribution in [1.29, 1.82) is 0 Å². The van der Waals surface area contributed by atoms with Crippen molar-refractivity contribution in [2.75, 3.05) is 0 Å². The Morgan fingerprint density at radius 2 is 1.85 bits per heavy atom. The van der Waals surface area contributed by atoms with Crippen LogP contribution in [0, 0.1) is 5.82 Å². The van der Waals surface area contributed by atoms with Crippen LogP contribution in [0.5, 0.6) is 0 Å². The third-order valence-electron chi connectivity index (χ3n) is 4.01. The van der Waals surface area contributed by atoms with Gasteiger partial charge in [-0.25, -0.2) is 9.18 Å². The maximum atomic E-state index is 13.8. The van der Waals surface area contributed by atoms with Gasteiger partial charge in [-0.3, -0.25) is 4.79 Å². The van der Waals surface area contributed by atoms with E-state index in [9.17, 15) is 14.0 Å². The first-order valence-corrected chi connectivity index (χ1v) is 8.13. The molecule has 0 radical (unpaired) electrons. The highest BCUT2D eigenvalue weighted by molar-refractivity contribution is 5.96. The predicted octanol–water partition coefficient (Wildman–Crippen LogP) is 3.52. The molecule has 0 atom stereocenters. The molecule has 0 aliphatic heterocycles. The molecule has 27 heavy (non-hydrogen) atoms. The van der Waals surface area contributed by atoms with Crippen molar-refractivity contribution in [2.45, 2.75) is 6.54 Å². The summed E-state index contributed by atoms with van der Waals surface area (Å²) in [5, 5.41) is 7.04. The standard InChI is InChI=1S/C20H13FN2O4/c21-16-7-3-2-6-14(16)18-10-13(23-27-18)11-22-19(24)15-9-12-5-1-4-8-17(12)26-20(15)25/h1-10H,11H2,(H,22,24). The summed E-state index contributed by atoms with van der Waals surface area (Å²) >= 11 is 0. The average Bonchev–Trinajstić information content (AvgIpc) is 3.14. The normalized spacial score (nSPS) is 10.9. The summed E-state index contributed by atoms with van der Waals surface area (Å²) in [6, 6.07) is 16.1. The van der Waals surface area contributed by atoms with Gasteiger partial charge in [-0.05, 0) is 24.3 Å². The molecule has 0 aliphatic carbocycles. The van der Waals surface area contributed by atoms with Crippen molar-refractivity contribution < 1.29 is 18.1 Å². The third kappa shape index (κ3) is 3.35. The van der Waals surface area contributed by atoms with Crippen LogP contribution in [0.3, 0.4) is 0 Å². The van der Waals surface area contributed by atoms with Gasteiger partial charge < -0.3 is 14.3 Å². The van der Waals surface area contributed by atoms with Gasteiger partial charge in [0.1, 0.15) is 22.7 Å². The van der Waals surface area contributed by atoms with Gasteiger partial charge in [0, 0.05) is 11.5 Å². The Bertz CT molecular complexity index is 1200. The second kappa shape index (κ2) is 6.87. The number of hydrogen-bond acceptors (Lipinski definition) is 5. The molecular formula is C20H13FN2O4. The number of carbonyl (C=O) groups is 1. The van der Waals surface area contributed by atoms with Crippen molar-refractivity contribution in [3.05, 3.63) is 88.2 Å². The van der Waals surface area contributed by atoms with E-state index in [0.29, 0.717) is 16.7 Å². The molecule has 6 nitrogen and oxygen atoms in total. The first-order valence-electron chi connectivity index (χ1n) is 8.13. The van der Waals surface area contributed by atoms with E-state index in [-0.39, 0.29) is 23.4 Å². The van der Waals surface area contributed by atoms with E-state index >= 15 is 0 Å². The summed E-state index contributed by atoms with van der Waals surface area (Å²) < 4.78 is 24.1. The van der Waals surface area contributed by atoms with E-state index in [1.54, 1.807) is 42.5 Å². The Balaban J connectivity index is 1.51. The van der Waals surface area contributed by atoms with Crippen LogP contribution in [0.15, 0.2) is 74.4 Å². The van der Waals surface area contributed by atoms with E-state index in [1.165, 1.54) is 18.2 Å². The second-order valence-electron chi connectivity index (χ2n) is 5.83. The van der Waals surface area contributed by atoms with Crippen LogP contribution in [0.1, 0.15) is 16.1 Å². The van der Waals surface area contributed by atoms with E-state index in [1.807, 2.05) is 0 Å². The maximum absolute atomic E-state index is 13.8. The SMILES string of the molecule is O=C(NCc1cc(-c2ccccc2F)on1)c1cc2ccccc2oc1=O. The van der Waals surface area contributed by atoms with Crippen molar-refractivity contribution in [3.8, 4) is 11.3 Å². The van der Waals surface area contributed by atoms with Crippen LogP contribution in [0.2, 0.25) is 0 Å². The van der Waals surface area contributed by atoms with Crippen molar-refractivity contribution in [1.82, 2.24) is 10.5 Å². The number of para-hydroxylation sites is 1. The highest BCUT2D eigenvalue weighted by atomic mass is 19.1. The van der Waals surface area contributed by atoms with Gasteiger partial charge in [-0.1, -0.05) is 35.5 Å². The van der Waals surface area contributed by atoms with Crippen molar-refractivity contribution >= 4 is 16.9 Å². The quantitative estimate of drug-likeness (QED) is 0.560. The zero-order valence-corrected chi connectivity index (χ0v) is 13.9. The Hall–Kier alpha value is -3.74. The van der Waals surface area contributed by atoms with Crippen molar-refractivity contribution in [3.63, 3.8) is 0 Å². The predicted molar refractivity (Wildman–Crippen MR) is 95.6 cm³/mol. The molecule has 0 unspecified atom stereocenters. The second-order valence-corrected chi connectivity index (χ2v) is 5.83. The van der Waals surface area contributed by atoms with Gasteiger partial charge >= 0.3 is 5.63 Å². The highest BCUT2D eigenvalue weighted by Gasteiger charge is 2.15. The number of fused-ring (bicyclic) bond motifs is 1. The molecule has 7 heteroatoms. The number of amides is 1. The molecule has 134 valence electrons. The molecule has 0 fully saturated rings. The van der Waals surface area contributed by atoms with Crippen molar-refractivity contribution in [2.24, 2.45) is 0 Å². The number of hydrogen-bond donors (Lipinski definition) is 1. The molecule has 4 rings (SSSR count). The zero-order chi connectivity index (χ0) is 18.8. The van der Waals surface area contributed by atoms with Gasteiger partial charge in [-0.2, -0.15) is 0 Å². The Labute approximate surface area is 152 Å². The van der Waals surface area contributed by atoms with Gasteiger partial charge in [0.2, 0.25) is 0 Å². The van der Waals surface area contributed by atoms with E-state index in [4.69, 9.17) is 8.94 Å². The Morgan fingerprint density at radius 1 is 1.07 bits per heavy atom. The van der Waals surface area contributed by atoms with Gasteiger partial charge in [-0.15, -0.1) is 0 Å². The number of benzene rings is 2. The molecule has 0 saturated heterocycles. The fourth-order valence-electron chi connectivity index (χ4n) is 2.67. The van der Waals surface area contributed by atoms with Crippen LogP contribution in [-0.4, -0.2) is 11.1 Å². The molecule has 1 amide bonds. The lowest BCUT2D eigenvalue weighted by atomic mass is 10.1. The fourth-order valence-corrected chi connectivity index (χ4v) is 2.67. The minimum absolute atomic E-state index is 0.0169. The molecule has 4 aromatic rings. The smallest absolute Gasteiger partial charge is 0.349 e. The zero-order valence-electron chi connectivity index (χ0n) is 13.9. The number of nitrogens with zero attached hydrogens (tertiary/aromatic N) is 1. The minimum atomic E-state index is -0.724. The van der Waals surface area contributed by atoms with E-state index < -0.39 is 17.3 Å². The van der Waals surface area contributed by atoms with E-state index in [2.05, 4.69) is 10.5 Å². The summed E-state index contributed by atoms with van der Waals surface area (Å²) in [5.74, 6) is -0.773. The monoisotopic (exact) mass is 364 g/mol. The minimum Gasteiger partial charge on any atom is -0.422 e. The number of carbonyl (C=O) groups excluding carboxylic acids is 1. The molecule has 0 aliphatic rings. The molecule has 0 bridgehead atoms. The summed E-state index contributed by atoms with van der Waals surface area (Å²) in [6.07, 6.45) is 0. The number of nitrogens with one attached hydrogen (secondary N) is 1. The molecule has 0 saturated carbocycles. The molecule has 2 aromatic carbocycles. The molecule has 0 spiro atoms. The molecule has 2 aromatic heterocycles. The van der Waals surface area contributed by atoms with Gasteiger partial charge in [0.25, 0.3) is 5.91 Å². The van der Waals surface area contributed by atoms with Gasteiger partial charge in [0.05, 0.1) is 12.1 Å². The molecule has 1 N–H and O–H groups in total. The lowest BCUT2D eigenvalue weighted by molar-refractivity contribution is 0.0946. The van der Waals surface area contributed by atoms with Crippen LogP contribution in [0.4, 0.5) is 4.39 Å². The summed E-state index contributed by atoms with van der Waals surface area (Å²) in [5.41, 5.74) is 0.250. The van der Waals surface area contributed by atoms with Crippen LogP contribution >= 0.6 is 0 Å². The van der Waals surface area contributed by atoms with Crippen LogP contribution in [-0.2, 0) is 6.54 Å². The first kappa shape index (κ1) is 16.7. The number of aromatic nitrogens is 1. The lowest BCUT2D eigenvalue weighted by Crippen LogP contribution is -2.27. The van der Waals surface area contributed by atoms with E-state index in [0.717, 1.165) is 0 Å². The van der Waals surface area contributed by atoms with Gasteiger partial charge in [0.15, 0.2) is 5.76 Å². The van der Waals surface area contributed by atoms with Crippen LogP contribution < -0.4 is 10.9 Å². The highest BCUT2D eigenvalue weighted by Crippen LogP contribution is 2.23. The Kier molecular flexibility index (Phi) is 4.25.